The van der Waals surface area contributed by atoms with Crippen LogP contribution in [0.5, 0.6) is 5.75 Å². The van der Waals surface area contributed by atoms with Crippen LogP contribution in [0, 0.1) is 0 Å². The molecule has 5 heteroatoms. The molecule has 22 heavy (non-hydrogen) atoms. The van der Waals surface area contributed by atoms with E-state index in [1.807, 2.05) is 30.3 Å². The highest BCUT2D eigenvalue weighted by atomic mass is 32.2. The molecule has 1 heterocycles. The number of nitrogens with zero attached hydrogens (tertiary/aromatic N) is 1. The Morgan fingerprint density at radius 2 is 1.68 bits per heavy atom. The van der Waals surface area contributed by atoms with E-state index < -0.39 is 9.84 Å². The minimum Gasteiger partial charge on any atom is -0.493 e. The number of hydrogen-bond donors (Lipinski definition) is 0. The van der Waals surface area contributed by atoms with Crippen LogP contribution < -0.4 is 4.74 Å². The van der Waals surface area contributed by atoms with Crippen LogP contribution in [0.3, 0.4) is 0 Å². The Labute approximate surface area is 129 Å². The first-order valence-corrected chi connectivity index (χ1v) is 8.56. The predicted molar refractivity (Wildman–Crippen MR) is 85.7 cm³/mol. The van der Waals surface area contributed by atoms with E-state index in [0.29, 0.717) is 11.3 Å². The third kappa shape index (κ3) is 3.09. The van der Waals surface area contributed by atoms with Crippen LogP contribution in [0.4, 0.5) is 0 Å². The highest BCUT2D eigenvalue weighted by molar-refractivity contribution is 7.91. The van der Waals surface area contributed by atoms with Crippen molar-refractivity contribution in [1.29, 1.82) is 0 Å². The van der Waals surface area contributed by atoms with E-state index in [1.165, 1.54) is 0 Å². The van der Waals surface area contributed by atoms with Gasteiger partial charge in [-0.25, -0.2) is 8.42 Å². The lowest BCUT2D eigenvalue weighted by Gasteiger charge is -2.09. The van der Waals surface area contributed by atoms with E-state index in [1.54, 1.807) is 36.5 Å². The summed E-state index contributed by atoms with van der Waals surface area (Å²) in [5.74, 6) is 0.575. The molecular formula is C17H15NO3S. The lowest BCUT2D eigenvalue weighted by molar-refractivity contribution is 0.341. The molecule has 0 amide bonds. The number of hydrogen-bond acceptors (Lipinski definition) is 4. The molecule has 0 fully saturated rings. The molecule has 0 aliphatic carbocycles. The van der Waals surface area contributed by atoms with Gasteiger partial charge in [-0.05, 0) is 24.3 Å². The van der Waals surface area contributed by atoms with E-state index in [0.717, 1.165) is 5.39 Å². The van der Waals surface area contributed by atoms with Crippen molar-refractivity contribution in [2.75, 3.05) is 12.4 Å². The third-order valence-corrected chi connectivity index (χ3v) is 5.00. The minimum atomic E-state index is -3.44. The van der Waals surface area contributed by atoms with Crippen LogP contribution in [0.1, 0.15) is 0 Å². The zero-order valence-corrected chi connectivity index (χ0v) is 12.7. The van der Waals surface area contributed by atoms with Gasteiger partial charge in [-0.3, -0.25) is 4.98 Å². The molecule has 3 rings (SSSR count). The van der Waals surface area contributed by atoms with Gasteiger partial charge in [0, 0.05) is 11.6 Å². The average Bonchev–Trinajstić information content (AvgIpc) is 2.55. The number of para-hydroxylation sites is 2. The Hall–Kier alpha value is -2.40. The summed E-state index contributed by atoms with van der Waals surface area (Å²) in [5, 5.41) is 0.813. The molecule has 0 aliphatic rings. The van der Waals surface area contributed by atoms with Gasteiger partial charge in [-0.2, -0.15) is 0 Å². The minimum absolute atomic E-state index is 0.0857. The molecule has 0 radical (unpaired) electrons. The molecule has 0 unspecified atom stereocenters. The Morgan fingerprint density at radius 1 is 0.909 bits per heavy atom. The molecule has 112 valence electrons. The van der Waals surface area contributed by atoms with Crippen LogP contribution in [0.15, 0.2) is 71.8 Å². The fourth-order valence-electron chi connectivity index (χ4n) is 2.22. The van der Waals surface area contributed by atoms with Crippen LogP contribution in [0.25, 0.3) is 10.9 Å². The number of benzene rings is 2. The Bertz CT molecular complexity index is 871. The first kappa shape index (κ1) is 14.5. The van der Waals surface area contributed by atoms with Crippen LogP contribution in [0.2, 0.25) is 0 Å². The van der Waals surface area contributed by atoms with E-state index in [4.69, 9.17) is 4.74 Å². The second kappa shape index (κ2) is 6.15. The molecule has 2 aromatic carbocycles. The van der Waals surface area contributed by atoms with Crippen molar-refractivity contribution in [3.05, 3.63) is 66.9 Å². The Kier molecular flexibility index (Phi) is 4.06. The molecule has 0 saturated carbocycles. The van der Waals surface area contributed by atoms with Crippen molar-refractivity contribution in [3.63, 3.8) is 0 Å². The lowest BCUT2D eigenvalue weighted by atomic mass is 10.2. The maximum Gasteiger partial charge on any atom is 0.183 e. The number of fused-ring (bicyclic) bond motifs is 1. The summed E-state index contributed by atoms with van der Waals surface area (Å²) in [5.41, 5.74) is 0.504. The summed E-state index contributed by atoms with van der Waals surface area (Å²) < 4.78 is 30.5. The maximum atomic E-state index is 12.5. The highest BCUT2D eigenvalue weighted by Crippen LogP contribution is 2.21. The summed E-state index contributed by atoms with van der Waals surface area (Å²) in [6, 6.07) is 18.0. The van der Waals surface area contributed by atoms with Crippen molar-refractivity contribution in [3.8, 4) is 5.75 Å². The van der Waals surface area contributed by atoms with E-state index in [2.05, 4.69) is 4.98 Å². The van der Waals surface area contributed by atoms with Crippen LogP contribution in [-0.2, 0) is 9.84 Å². The second-order valence-corrected chi connectivity index (χ2v) is 6.89. The molecular weight excluding hydrogens is 298 g/mol. The topological polar surface area (TPSA) is 56.3 Å². The fourth-order valence-corrected chi connectivity index (χ4v) is 3.50. The number of sulfone groups is 1. The molecule has 0 N–H and O–H groups in total. The van der Waals surface area contributed by atoms with Gasteiger partial charge in [0.25, 0.3) is 0 Å². The van der Waals surface area contributed by atoms with Gasteiger partial charge in [0.05, 0.1) is 16.2 Å². The third-order valence-electron chi connectivity index (χ3n) is 3.29. The number of aromatic nitrogens is 1. The Morgan fingerprint density at radius 3 is 2.50 bits per heavy atom. The predicted octanol–water partition coefficient (Wildman–Crippen LogP) is 3.09. The van der Waals surface area contributed by atoms with E-state index in [-0.39, 0.29) is 17.3 Å². The summed E-state index contributed by atoms with van der Waals surface area (Å²) >= 11 is 0. The van der Waals surface area contributed by atoms with Gasteiger partial charge in [0.2, 0.25) is 0 Å². The smallest absolute Gasteiger partial charge is 0.183 e. The lowest BCUT2D eigenvalue weighted by Crippen LogP contribution is -2.14. The monoisotopic (exact) mass is 313 g/mol. The SMILES string of the molecule is O=S(=O)(CCOc1ccccc1)c1cccc2cccnc12. The highest BCUT2D eigenvalue weighted by Gasteiger charge is 2.18. The van der Waals surface area contributed by atoms with Crippen molar-refractivity contribution < 1.29 is 13.2 Å². The molecule has 4 nitrogen and oxygen atoms in total. The summed E-state index contributed by atoms with van der Waals surface area (Å²) in [6.45, 7) is 0.107. The summed E-state index contributed by atoms with van der Waals surface area (Å²) in [6.07, 6.45) is 1.60. The number of rotatable bonds is 5. The zero-order chi connectivity index (χ0) is 15.4. The van der Waals surface area contributed by atoms with Crippen molar-refractivity contribution >= 4 is 20.7 Å². The van der Waals surface area contributed by atoms with Gasteiger partial charge < -0.3 is 4.74 Å². The van der Waals surface area contributed by atoms with Crippen LogP contribution in [-0.4, -0.2) is 25.8 Å². The first-order valence-electron chi connectivity index (χ1n) is 6.91. The normalized spacial score (nSPS) is 11.5. The fraction of sp³-hybridized carbons (Fsp3) is 0.118. The molecule has 0 atom stereocenters. The average molecular weight is 313 g/mol. The summed E-state index contributed by atoms with van der Waals surface area (Å²) in [7, 11) is -3.44. The van der Waals surface area contributed by atoms with Crippen molar-refractivity contribution in [1.82, 2.24) is 4.98 Å². The largest absolute Gasteiger partial charge is 0.493 e. The van der Waals surface area contributed by atoms with Gasteiger partial charge in [-0.1, -0.05) is 36.4 Å². The van der Waals surface area contributed by atoms with E-state index >= 15 is 0 Å². The molecule has 0 spiro atoms. The molecule has 0 aliphatic heterocycles. The van der Waals surface area contributed by atoms with Crippen molar-refractivity contribution in [2.24, 2.45) is 0 Å². The number of ether oxygens (including phenoxy) is 1. The Balaban J connectivity index is 1.80. The maximum absolute atomic E-state index is 12.5. The zero-order valence-electron chi connectivity index (χ0n) is 11.8. The van der Waals surface area contributed by atoms with Gasteiger partial charge in [0.15, 0.2) is 9.84 Å². The molecule has 0 saturated heterocycles. The number of pyridine rings is 1. The van der Waals surface area contributed by atoms with E-state index in [9.17, 15) is 8.42 Å². The van der Waals surface area contributed by atoms with Gasteiger partial charge in [0.1, 0.15) is 12.4 Å². The summed E-state index contributed by atoms with van der Waals surface area (Å²) in [4.78, 5) is 4.45. The van der Waals surface area contributed by atoms with Crippen molar-refractivity contribution in [2.45, 2.75) is 4.90 Å². The molecule has 0 bridgehead atoms. The van der Waals surface area contributed by atoms with Gasteiger partial charge >= 0.3 is 0 Å². The molecule has 1 aromatic heterocycles. The van der Waals surface area contributed by atoms with Crippen LogP contribution >= 0.6 is 0 Å². The first-order chi connectivity index (χ1) is 10.7. The standard InChI is InChI=1S/C17H15NO3S/c19-22(20,13-12-21-15-8-2-1-3-9-15)16-10-4-6-14-7-5-11-18-17(14)16/h1-11H,12-13H2. The second-order valence-electron chi connectivity index (χ2n) is 4.81. The quantitative estimate of drug-likeness (QED) is 0.726. The molecule has 3 aromatic rings. The van der Waals surface area contributed by atoms with Gasteiger partial charge in [-0.15, -0.1) is 0 Å².